The van der Waals surface area contributed by atoms with Crippen LogP contribution in [0.2, 0.25) is 0 Å². The lowest BCUT2D eigenvalue weighted by Crippen LogP contribution is -2.72. The molecule has 0 heterocycles. The minimum atomic E-state index is -8.33. The first kappa shape index (κ1) is 29.7. The molecule has 0 fully saturated rings. The zero-order valence-corrected chi connectivity index (χ0v) is 16.1. The van der Waals surface area contributed by atoms with E-state index in [-0.39, 0.29) is 5.56 Å². The lowest BCUT2D eigenvalue weighted by atomic mass is 9.88. The summed E-state index contributed by atoms with van der Waals surface area (Å²) in [4.78, 5) is 0. The van der Waals surface area contributed by atoms with Crippen LogP contribution in [0.15, 0.2) is 24.3 Å². The van der Waals surface area contributed by atoms with Crippen molar-refractivity contribution in [3.63, 3.8) is 0 Å². The summed E-state index contributed by atoms with van der Waals surface area (Å²) in [7, 11) is 0.544. The van der Waals surface area contributed by atoms with Gasteiger partial charge in [0.25, 0.3) is 0 Å². The number of hydrogen-bond donors (Lipinski definition) is 0. The summed E-state index contributed by atoms with van der Waals surface area (Å²) in [5, 5.41) is 8.62. The summed E-state index contributed by atoms with van der Waals surface area (Å²) in [6, 6.07) is 4.93. The van der Waals surface area contributed by atoms with Crippen molar-refractivity contribution >= 4 is 0 Å². The van der Waals surface area contributed by atoms with E-state index in [1.165, 1.54) is 0 Å². The van der Waals surface area contributed by atoms with Gasteiger partial charge in [0.1, 0.15) is 0 Å². The van der Waals surface area contributed by atoms with Gasteiger partial charge in [0.2, 0.25) is 0 Å². The Morgan fingerprint density at radius 1 is 0.676 bits per heavy atom. The lowest BCUT2D eigenvalue weighted by molar-refractivity contribution is -0.453. The highest BCUT2D eigenvalue weighted by molar-refractivity contribution is 5.32. The average Bonchev–Trinajstić information content (AvgIpc) is 2.70. The maximum atomic E-state index is 14.1. The van der Waals surface area contributed by atoms with Crippen molar-refractivity contribution < 1.29 is 70.6 Å². The van der Waals surface area contributed by atoms with Gasteiger partial charge in [-0.05, 0) is 17.7 Å². The smallest absolute Gasteiger partial charge is 0.377 e. The fraction of sp³-hybridized carbons (Fsp3) is 0.588. The van der Waals surface area contributed by atoms with Crippen molar-refractivity contribution in [1.29, 1.82) is 5.26 Å². The third-order valence-corrected chi connectivity index (χ3v) is 4.53. The van der Waals surface area contributed by atoms with Crippen LogP contribution in [-0.4, -0.2) is 48.8 Å². The van der Waals surface area contributed by atoms with E-state index in [1.807, 2.05) is 0 Å². The van der Waals surface area contributed by atoms with Crippen LogP contribution in [0, 0.1) is 11.3 Å². The normalized spacial score (nSPS) is 15.7. The largest absolute Gasteiger partial charge is 0.460 e. The second kappa shape index (κ2) is 8.68. The van der Waals surface area contributed by atoms with Crippen LogP contribution in [0.5, 0.6) is 0 Å². The van der Waals surface area contributed by atoms with E-state index in [4.69, 9.17) is 5.26 Å². The third kappa shape index (κ3) is 4.36. The molecular weight excluding hydrogens is 519 g/mol. The molecule has 0 aromatic heterocycles. The van der Waals surface area contributed by atoms with Gasteiger partial charge < -0.3 is 4.74 Å². The Labute approximate surface area is 179 Å². The monoisotopic (exact) mass is 529 g/mol. The first-order valence-electron chi connectivity index (χ1n) is 8.32. The number of ether oxygens (including phenoxy) is 1. The summed E-state index contributed by atoms with van der Waals surface area (Å²) in [5.41, 5.74) is -0.643. The van der Waals surface area contributed by atoms with E-state index in [0.717, 1.165) is 24.3 Å². The maximum Gasteiger partial charge on any atom is 0.460 e. The molecule has 0 aliphatic heterocycles. The summed E-state index contributed by atoms with van der Waals surface area (Å²) in [6.07, 6.45) is -12.6. The van der Waals surface area contributed by atoms with Crippen molar-refractivity contribution in [2.45, 2.75) is 54.2 Å². The standard InChI is InChI=1S/C17H10F15NO/c1-34-10(9-4-2-8(7-33)3-5-9)6-11(18,19)12(20,21)13(22,23)14(24,25)15(26,27)16(28,29)17(30,31)32/h2-5,10H,6H2,1H3. The second-order valence-corrected chi connectivity index (χ2v) is 6.74. The SMILES string of the molecule is COC(CC(F)(F)C(F)(F)C(F)(F)C(F)(F)C(F)(F)C(F)(F)C(F)(F)F)c1ccc(C#N)cc1. The number of alkyl halides is 15. The van der Waals surface area contributed by atoms with Gasteiger partial charge in [-0.15, -0.1) is 0 Å². The Bertz CT molecular complexity index is 899. The number of rotatable bonds is 9. The van der Waals surface area contributed by atoms with Crippen LogP contribution >= 0.6 is 0 Å². The second-order valence-electron chi connectivity index (χ2n) is 6.74. The average molecular weight is 529 g/mol. The van der Waals surface area contributed by atoms with Crippen LogP contribution in [0.1, 0.15) is 23.7 Å². The molecule has 0 saturated heterocycles. The van der Waals surface area contributed by atoms with E-state index in [9.17, 15) is 65.9 Å². The summed E-state index contributed by atoms with van der Waals surface area (Å²) in [5.74, 6) is -46.8. The van der Waals surface area contributed by atoms with Crippen LogP contribution in [-0.2, 0) is 4.74 Å². The van der Waals surface area contributed by atoms with E-state index in [2.05, 4.69) is 4.74 Å². The molecule has 0 N–H and O–H groups in total. The molecule has 1 aromatic carbocycles. The van der Waals surface area contributed by atoms with Gasteiger partial charge in [-0.2, -0.15) is 71.1 Å². The van der Waals surface area contributed by atoms with Gasteiger partial charge in [0, 0.05) is 13.5 Å². The van der Waals surface area contributed by atoms with Gasteiger partial charge in [-0.25, -0.2) is 0 Å². The number of nitriles is 1. The molecule has 2 nitrogen and oxygen atoms in total. The molecule has 194 valence electrons. The highest BCUT2D eigenvalue weighted by atomic mass is 19.4. The molecular formula is C17H10F15NO. The lowest BCUT2D eigenvalue weighted by Gasteiger charge is -2.42. The Hall–Kier alpha value is -2.38. The molecule has 0 bridgehead atoms. The van der Waals surface area contributed by atoms with Gasteiger partial charge in [-0.3, -0.25) is 0 Å². The molecule has 0 radical (unpaired) electrons. The van der Waals surface area contributed by atoms with Gasteiger partial charge >= 0.3 is 41.7 Å². The van der Waals surface area contributed by atoms with Gasteiger partial charge in [-0.1, -0.05) is 12.1 Å². The molecule has 0 aliphatic carbocycles. The summed E-state index contributed by atoms with van der Waals surface area (Å²) >= 11 is 0. The van der Waals surface area contributed by atoms with Crippen LogP contribution < -0.4 is 0 Å². The molecule has 17 heteroatoms. The molecule has 0 aliphatic rings. The zero-order chi connectivity index (χ0) is 27.2. The van der Waals surface area contributed by atoms with E-state index >= 15 is 0 Å². The van der Waals surface area contributed by atoms with Crippen LogP contribution in [0.4, 0.5) is 65.9 Å². The number of hydrogen-bond acceptors (Lipinski definition) is 2. The fourth-order valence-corrected chi connectivity index (χ4v) is 2.47. The Morgan fingerprint density at radius 2 is 1.06 bits per heavy atom. The first-order chi connectivity index (χ1) is 15.0. The molecule has 0 amide bonds. The van der Waals surface area contributed by atoms with Crippen molar-refractivity contribution in [2.24, 2.45) is 0 Å². The number of halogens is 15. The van der Waals surface area contributed by atoms with Crippen molar-refractivity contribution in [3.05, 3.63) is 35.4 Å². The predicted molar refractivity (Wildman–Crippen MR) is 81.3 cm³/mol. The minimum Gasteiger partial charge on any atom is -0.377 e. The van der Waals surface area contributed by atoms with E-state index < -0.39 is 59.8 Å². The molecule has 34 heavy (non-hydrogen) atoms. The van der Waals surface area contributed by atoms with Crippen molar-refractivity contribution in [3.8, 4) is 6.07 Å². The predicted octanol–water partition coefficient (Wildman–Crippen LogP) is 7.01. The third-order valence-electron chi connectivity index (χ3n) is 4.53. The van der Waals surface area contributed by atoms with Crippen molar-refractivity contribution in [2.75, 3.05) is 7.11 Å². The van der Waals surface area contributed by atoms with Crippen molar-refractivity contribution in [1.82, 2.24) is 0 Å². The Balaban J connectivity index is 3.48. The summed E-state index contributed by atoms with van der Waals surface area (Å²) < 4.78 is 203. The molecule has 1 unspecified atom stereocenters. The molecule has 1 rings (SSSR count). The van der Waals surface area contributed by atoms with E-state index in [0.29, 0.717) is 7.11 Å². The highest BCUT2D eigenvalue weighted by Gasteiger charge is 2.93. The van der Waals surface area contributed by atoms with Gasteiger partial charge in [0.15, 0.2) is 0 Å². The quantitative estimate of drug-likeness (QED) is 0.323. The van der Waals surface area contributed by atoms with Crippen LogP contribution in [0.25, 0.3) is 0 Å². The topological polar surface area (TPSA) is 33.0 Å². The first-order valence-corrected chi connectivity index (χ1v) is 8.32. The molecule has 1 atom stereocenters. The number of nitrogens with zero attached hydrogens (tertiary/aromatic N) is 1. The number of methoxy groups -OCH3 is 1. The zero-order valence-electron chi connectivity index (χ0n) is 16.1. The Morgan fingerprint density at radius 3 is 1.41 bits per heavy atom. The van der Waals surface area contributed by atoms with Gasteiger partial charge in [0.05, 0.1) is 17.7 Å². The maximum absolute atomic E-state index is 14.1. The fourth-order valence-electron chi connectivity index (χ4n) is 2.47. The number of benzene rings is 1. The summed E-state index contributed by atoms with van der Waals surface area (Å²) in [6.45, 7) is 0. The highest BCUT2D eigenvalue weighted by Crippen LogP contribution is 2.63. The Kier molecular flexibility index (Phi) is 7.57. The molecule has 0 saturated carbocycles. The van der Waals surface area contributed by atoms with E-state index in [1.54, 1.807) is 6.07 Å². The molecule has 1 aromatic rings. The van der Waals surface area contributed by atoms with Crippen LogP contribution in [0.3, 0.4) is 0 Å². The molecule has 0 spiro atoms. The minimum absolute atomic E-state index is 0.116.